The molecule has 0 fully saturated rings. The van der Waals surface area contributed by atoms with E-state index < -0.39 is 6.10 Å². The lowest BCUT2D eigenvalue weighted by Gasteiger charge is -2.34. The number of carbonyl (C=O) groups is 2. The third kappa shape index (κ3) is 2.94. The Kier molecular flexibility index (Phi) is 4.09. The SMILES string of the molecule is CC(=O)c1cccc2c1OC(C)C(=O)N2Cc1ccc(Cl)cc1. The van der Waals surface area contributed by atoms with Gasteiger partial charge >= 0.3 is 0 Å². The van der Waals surface area contributed by atoms with Crippen LogP contribution in [0.25, 0.3) is 0 Å². The highest BCUT2D eigenvalue weighted by Crippen LogP contribution is 2.38. The normalized spacial score (nSPS) is 16.7. The van der Waals surface area contributed by atoms with Crippen LogP contribution in [-0.2, 0) is 11.3 Å². The molecule has 5 heteroatoms. The molecule has 0 aromatic heterocycles. The standard InChI is InChI=1S/C18H16ClNO3/c1-11(21)15-4-3-5-16-17(15)23-12(2)18(22)20(16)10-13-6-8-14(19)9-7-13/h3-9,12H,10H2,1-2H3. The molecule has 0 saturated carbocycles. The van der Waals surface area contributed by atoms with E-state index in [0.29, 0.717) is 28.6 Å². The van der Waals surface area contributed by atoms with E-state index in [4.69, 9.17) is 16.3 Å². The molecule has 0 radical (unpaired) electrons. The van der Waals surface area contributed by atoms with Crippen LogP contribution in [0.15, 0.2) is 42.5 Å². The second kappa shape index (κ2) is 6.05. The average Bonchev–Trinajstić information content (AvgIpc) is 2.53. The van der Waals surface area contributed by atoms with Crippen molar-refractivity contribution in [1.82, 2.24) is 0 Å². The van der Waals surface area contributed by atoms with Gasteiger partial charge in [0.1, 0.15) is 0 Å². The van der Waals surface area contributed by atoms with Crippen LogP contribution in [0.1, 0.15) is 29.8 Å². The molecule has 0 N–H and O–H groups in total. The topological polar surface area (TPSA) is 46.6 Å². The van der Waals surface area contributed by atoms with Gasteiger partial charge in [0.05, 0.1) is 17.8 Å². The van der Waals surface area contributed by atoms with Gasteiger partial charge < -0.3 is 9.64 Å². The van der Waals surface area contributed by atoms with Gasteiger partial charge in [-0.15, -0.1) is 0 Å². The minimum Gasteiger partial charge on any atom is -0.478 e. The van der Waals surface area contributed by atoms with Gasteiger partial charge in [-0.05, 0) is 43.7 Å². The molecule has 3 rings (SSSR count). The van der Waals surface area contributed by atoms with Crippen molar-refractivity contribution in [3.63, 3.8) is 0 Å². The van der Waals surface area contributed by atoms with Crippen molar-refractivity contribution in [2.45, 2.75) is 26.5 Å². The number of hydrogen-bond donors (Lipinski definition) is 0. The van der Waals surface area contributed by atoms with Crippen LogP contribution >= 0.6 is 11.6 Å². The van der Waals surface area contributed by atoms with Crippen LogP contribution in [0.3, 0.4) is 0 Å². The summed E-state index contributed by atoms with van der Waals surface area (Å²) < 4.78 is 5.69. The zero-order valence-corrected chi connectivity index (χ0v) is 13.6. The van der Waals surface area contributed by atoms with E-state index in [1.165, 1.54) is 6.92 Å². The first-order valence-electron chi connectivity index (χ1n) is 7.34. The molecule has 1 atom stereocenters. The van der Waals surface area contributed by atoms with E-state index >= 15 is 0 Å². The van der Waals surface area contributed by atoms with E-state index in [0.717, 1.165) is 5.56 Å². The summed E-state index contributed by atoms with van der Waals surface area (Å²) in [5, 5.41) is 0.648. The first-order valence-corrected chi connectivity index (χ1v) is 7.71. The summed E-state index contributed by atoms with van der Waals surface area (Å²) in [7, 11) is 0. The van der Waals surface area contributed by atoms with Gasteiger partial charge in [0, 0.05) is 5.02 Å². The van der Waals surface area contributed by atoms with Gasteiger partial charge in [-0.2, -0.15) is 0 Å². The quantitative estimate of drug-likeness (QED) is 0.803. The predicted molar refractivity (Wildman–Crippen MR) is 89.2 cm³/mol. The molecule has 2 aromatic carbocycles. The van der Waals surface area contributed by atoms with Gasteiger partial charge in [0.15, 0.2) is 17.6 Å². The maximum atomic E-state index is 12.5. The number of carbonyl (C=O) groups excluding carboxylic acids is 2. The van der Waals surface area contributed by atoms with Crippen LogP contribution in [0.2, 0.25) is 5.02 Å². The Morgan fingerprint density at radius 2 is 1.91 bits per heavy atom. The van der Waals surface area contributed by atoms with Crippen LogP contribution in [0, 0.1) is 0 Å². The first kappa shape index (κ1) is 15.6. The smallest absolute Gasteiger partial charge is 0.268 e. The Labute approximate surface area is 139 Å². The molecule has 1 amide bonds. The Bertz CT molecular complexity index is 770. The van der Waals surface area contributed by atoms with Crippen molar-refractivity contribution in [3.8, 4) is 5.75 Å². The molecule has 1 aliphatic rings. The highest BCUT2D eigenvalue weighted by Gasteiger charge is 2.33. The van der Waals surface area contributed by atoms with E-state index in [1.807, 2.05) is 12.1 Å². The molecule has 23 heavy (non-hydrogen) atoms. The zero-order chi connectivity index (χ0) is 16.6. The number of halogens is 1. The molecule has 2 aromatic rings. The van der Waals surface area contributed by atoms with Crippen LogP contribution in [0.5, 0.6) is 5.75 Å². The zero-order valence-electron chi connectivity index (χ0n) is 12.9. The number of nitrogens with zero attached hydrogens (tertiary/aromatic N) is 1. The van der Waals surface area contributed by atoms with Crippen LogP contribution in [0.4, 0.5) is 5.69 Å². The predicted octanol–water partition coefficient (Wildman–Crippen LogP) is 3.86. The summed E-state index contributed by atoms with van der Waals surface area (Å²) in [6.45, 7) is 3.58. The minimum atomic E-state index is -0.629. The number of benzene rings is 2. The molecule has 118 valence electrons. The maximum Gasteiger partial charge on any atom is 0.268 e. The molecular formula is C18H16ClNO3. The maximum absolute atomic E-state index is 12.5. The summed E-state index contributed by atoms with van der Waals surface area (Å²) in [5.74, 6) is 0.254. The van der Waals surface area contributed by atoms with Crippen molar-refractivity contribution in [2.24, 2.45) is 0 Å². The third-order valence-corrected chi connectivity index (χ3v) is 4.08. The fourth-order valence-corrected chi connectivity index (χ4v) is 2.77. The number of rotatable bonds is 3. The fourth-order valence-electron chi connectivity index (χ4n) is 2.64. The van der Waals surface area contributed by atoms with E-state index in [2.05, 4.69) is 0 Å². The summed E-state index contributed by atoms with van der Waals surface area (Å²) >= 11 is 5.90. The Morgan fingerprint density at radius 1 is 1.22 bits per heavy atom. The number of para-hydroxylation sites is 1. The minimum absolute atomic E-state index is 0.0881. The van der Waals surface area contributed by atoms with Crippen molar-refractivity contribution >= 4 is 29.0 Å². The lowest BCUT2D eigenvalue weighted by atomic mass is 10.1. The molecule has 0 spiro atoms. The largest absolute Gasteiger partial charge is 0.478 e. The molecule has 0 saturated heterocycles. The summed E-state index contributed by atoms with van der Waals surface area (Å²) in [4.78, 5) is 26.0. The molecular weight excluding hydrogens is 314 g/mol. The molecule has 1 unspecified atom stereocenters. The van der Waals surface area contributed by atoms with Crippen molar-refractivity contribution < 1.29 is 14.3 Å². The molecule has 1 aliphatic heterocycles. The summed E-state index contributed by atoms with van der Waals surface area (Å²) in [6, 6.07) is 12.6. The highest BCUT2D eigenvalue weighted by atomic mass is 35.5. The van der Waals surface area contributed by atoms with E-state index in [9.17, 15) is 9.59 Å². The second-order valence-electron chi connectivity index (χ2n) is 5.52. The van der Waals surface area contributed by atoms with Gasteiger partial charge in [0.2, 0.25) is 0 Å². The van der Waals surface area contributed by atoms with Crippen LogP contribution < -0.4 is 9.64 Å². The Hall–Kier alpha value is -2.33. The van der Waals surface area contributed by atoms with Gasteiger partial charge in [-0.25, -0.2) is 0 Å². The Morgan fingerprint density at radius 3 is 2.57 bits per heavy atom. The van der Waals surface area contributed by atoms with Gasteiger partial charge in [-0.3, -0.25) is 9.59 Å². The summed E-state index contributed by atoms with van der Waals surface area (Å²) in [5.41, 5.74) is 2.06. The highest BCUT2D eigenvalue weighted by molar-refractivity contribution is 6.30. The number of Topliss-reactive ketones (excluding diaryl/α,β-unsaturated/α-hetero) is 1. The van der Waals surface area contributed by atoms with Gasteiger partial charge in [-0.1, -0.05) is 29.8 Å². The summed E-state index contributed by atoms with van der Waals surface area (Å²) in [6.07, 6.45) is -0.629. The van der Waals surface area contributed by atoms with Crippen molar-refractivity contribution in [3.05, 3.63) is 58.6 Å². The van der Waals surface area contributed by atoms with Crippen molar-refractivity contribution in [1.29, 1.82) is 0 Å². The molecule has 4 nitrogen and oxygen atoms in total. The number of fused-ring (bicyclic) bond motifs is 1. The third-order valence-electron chi connectivity index (χ3n) is 3.83. The fraction of sp³-hybridized carbons (Fsp3) is 0.222. The molecule has 0 aliphatic carbocycles. The number of ether oxygens (including phenoxy) is 1. The first-order chi connectivity index (χ1) is 11.0. The van der Waals surface area contributed by atoms with Crippen molar-refractivity contribution in [2.75, 3.05) is 4.90 Å². The lowest BCUT2D eigenvalue weighted by molar-refractivity contribution is -0.125. The number of ketones is 1. The Balaban J connectivity index is 2.03. The number of hydrogen-bond acceptors (Lipinski definition) is 3. The van der Waals surface area contributed by atoms with E-state index in [-0.39, 0.29) is 11.7 Å². The number of amides is 1. The monoisotopic (exact) mass is 329 g/mol. The lowest BCUT2D eigenvalue weighted by Crippen LogP contribution is -2.44. The van der Waals surface area contributed by atoms with Crippen LogP contribution in [-0.4, -0.2) is 17.8 Å². The van der Waals surface area contributed by atoms with Gasteiger partial charge in [0.25, 0.3) is 5.91 Å². The average molecular weight is 330 g/mol. The van der Waals surface area contributed by atoms with E-state index in [1.54, 1.807) is 42.2 Å². The number of anilines is 1. The second-order valence-corrected chi connectivity index (χ2v) is 5.96. The molecule has 1 heterocycles. The molecule has 0 bridgehead atoms.